The van der Waals surface area contributed by atoms with Crippen molar-refractivity contribution >= 4 is 40.5 Å². The van der Waals surface area contributed by atoms with Crippen molar-refractivity contribution in [1.29, 1.82) is 0 Å². The number of ether oxygens (including phenoxy) is 2. The van der Waals surface area contributed by atoms with Crippen LogP contribution in [0.15, 0.2) is 54.6 Å². The lowest BCUT2D eigenvalue weighted by Gasteiger charge is -2.15. The lowest BCUT2D eigenvalue weighted by atomic mass is 10.2. The molecule has 3 nitrogen and oxygen atoms in total. The summed E-state index contributed by atoms with van der Waals surface area (Å²) in [5.41, 5.74) is 2.28. The minimum absolute atomic E-state index is 0.179. The van der Waals surface area contributed by atoms with Gasteiger partial charge in [0.2, 0.25) is 0 Å². The fraction of sp³-hybridized carbons (Fsp3) is 0.143. The van der Waals surface area contributed by atoms with Crippen molar-refractivity contribution in [3.63, 3.8) is 0 Å². The molecule has 3 rings (SSSR count). The molecule has 7 heteroatoms. The second-order valence-corrected chi connectivity index (χ2v) is 7.17. The predicted octanol–water partition coefficient (Wildman–Crippen LogP) is 6.99. The van der Waals surface area contributed by atoms with Gasteiger partial charge in [-0.1, -0.05) is 40.9 Å². The molecule has 0 amide bonds. The van der Waals surface area contributed by atoms with E-state index < -0.39 is 0 Å². The first-order valence-electron chi connectivity index (χ1n) is 8.39. The van der Waals surface area contributed by atoms with E-state index in [1.807, 2.05) is 0 Å². The van der Waals surface area contributed by atoms with Crippen molar-refractivity contribution in [2.24, 2.45) is 0 Å². The molecule has 0 aliphatic heterocycles. The third-order valence-electron chi connectivity index (χ3n) is 4.09. The smallest absolute Gasteiger partial charge is 0.163 e. The van der Waals surface area contributed by atoms with Crippen LogP contribution in [0.4, 0.5) is 10.1 Å². The molecule has 0 spiro atoms. The highest BCUT2D eigenvalue weighted by Gasteiger charge is 2.13. The minimum atomic E-state index is -0.287. The Bertz CT molecular complexity index is 944. The number of rotatable bonds is 7. The van der Waals surface area contributed by atoms with Crippen LogP contribution in [0, 0.1) is 5.82 Å². The molecule has 3 aromatic rings. The highest BCUT2D eigenvalue weighted by Crippen LogP contribution is 2.35. The first-order valence-corrected chi connectivity index (χ1v) is 9.53. The summed E-state index contributed by atoms with van der Waals surface area (Å²) in [5, 5.41) is 4.75. The molecule has 1 N–H and O–H groups in total. The van der Waals surface area contributed by atoms with E-state index in [0.29, 0.717) is 38.7 Å². The van der Waals surface area contributed by atoms with E-state index in [1.54, 1.807) is 49.6 Å². The molecule has 0 aromatic heterocycles. The summed E-state index contributed by atoms with van der Waals surface area (Å²) in [6.45, 7) is 0.621. The Balaban J connectivity index is 1.74. The molecule has 0 heterocycles. The van der Waals surface area contributed by atoms with Crippen LogP contribution in [0.5, 0.6) is 11.5 Å². The Kier molecular flexibility index (Phi) is 6.89. The van der Waals surface area contributed by atoms with Gasteiger partial charge in [0.05, 0.1) is 7.11 Å². The fourth-order valence-electron chi connectivity index (χ4n) is 2.57. The highest BCUT2D eigenvalue weighted by atomic mass is 35.5. The van der Waals surface area contributed by atoms with Crippen molar-refractivity contribution in [2.45, 2.75) is 13.2 Å². The molecule has 0 radical (unpaired) electrons. The van der Waals surface area contributed by atoms with Crippen molar-refractivity contribution in [3.05, 3.63) is 86.6 Å². The van der Waals surface area contributed by atoms with E-state index in [2.05, 4.69) is 5.32 Å². The standard InChI is InChI=1S/C21H17Cl3FNO2/c1-27-20-9-13(11-26-15-7-5-14(25)6-8-15)19(24)10-21(20)28-12-16-17(22)3-2-4-18(16)23/h2-10,26H,11-12H2,1H3. The van der Waals surface area contributed by atoms with Gasteiger partial charge in [0.25, 0.3) is 0 Å². The van der Waals surface area contributed by atoms with Crippen molar-refractivity contribution in [2.75, 3.05) is 12.4 Å². The van der Waals surface area contributed by atoms with E-state index in [4.69, 9.17) is 44.3 Å². The Morgan fingerprint density at radius 1 is 0.893 bits per heavy atom. The normalized spacial score (nSPS) is 10.6. The summed E-state index contributed by atoms with van der Waals surface area (Å²) in [5.74, 6) is 0.725. The second kappa shape index (κ2) is 9.37. The molecule has 0 aliphatic carbocycles. The van der Waals surface area contributed by atoms with Crippen LogP contribution in [-0.4, -0.2) is 7.11 Å². The maximum atomic E-state index is 13.0. The average Bonchev–Trinajstić information content (AvgIpc) is 2.68. The maximum absolute atomic E-state index is 13.0. The molecule has 146 valence electrons. The van der Waals surface area contributed by atoms with Gasteiger partial charge < -0.3 is 14.8 Å². The molecule has 0 aliphatic rings. The summed E-state index contributed by atoms with van der Waals surface area (Å²) in [6.07, 6.45) is 0. The average molecular weight is 441 g/mol. The zero-order chi connectivity index (χ0) is 20.1. The Morgan fingerprint density at radius 2 is 1.57 bits per heavy atom. The van der Waals surface area contributed by atoms with Gasteiger partial charge in [0.15, 0.2) is 11.5 Å². The van der Waals surface area contributed by atoms with Crippen LogP contribution < -0.4 is 14.8 Å². The van der Waals surface area contributed by atoms with Gasteiger partial charge in [-0.15, -0.1) is 0 Å². The molecule has 0 bridgehead atoms. The van der Waals surface area contributed by atoms with Gasteiger partial charge in [-0.25, -0.2) is 4.39 Å². The third-order valence-corrected chi connectivity index (χ3v) is 5.15. The van der Waals surface area contributed by atoms with Gasteiger partial charge in [0.1, 0.15) is 12.4 Å². The number of hydrogen-bond donors (Lipinski definition) is 1. The van der Waals surface area contributed by atoms with E-state index >= 15 is 0 Å². The molecular formula is C21H17Cl3FNO2. The van der Waals surface area contributed by atoms with Crippen LogP contribution in [0.1, 0.15) is 11.1 Å². The molecule has 0 atom stereocenters. The summed E-state index contributed by atoms with van der Waals surface area (Å²) in [7, 11) is 1.55. The predicted molar refractivity (Wildman–Crippen MR) is 113 cm³/mol. The lowest BCUT2D eigenvalue weighted by molar-refractivity contribution is 0.284. The number of methoxy groups -OCH3 is 1. The molecule has 0 saturated carbocycles. The fourth-order valence-corrected chi connectivity index (χ4v) is 3.30. The van der Waals surface area contributed by atoms with Gasteiger partial charge in [0, 0.05) is 38.9 Å². The molecule has 0 unspecified atom stereocenters. The Labute approximate surface area is 177 Å². The van der Waals surface area contributed by atoms with Gasteiger partial charge in [-0.3, -0.25) is 0 Å². The number of anilines is 1. The monoisotopic (exact) mass is 439 g/mol. The SMILES string of the molecule is COc1cc(CNc2ccc(F)cc2)c(Cl)cc1OCc1c(Cl)cccc1Cl. The van der Waals surface area contributed by atoms with Gasteiger partial charge >= 0.3 is 0 Å². The second-order valence-electron chi connectivity index (χ2n) is 5.94. The van der Waals surface area contributed by atoms with Crippen LogP contribution in [-0.2, 0) is 13.2 Å². The van der Waals surface area contributed by atoms with Crippen molar-refractivity contribution in [1.82, 2.24) is 0 Å². The first-order chi connectivity index (χ1) is 13.5. The first kappa shape index (κ1) is 20.6. The van der Waals surface area contributed by atoms with Crippen LogP contribution >= 0.6 is 34.8 Å². The van der Waals surface area contributed by atoms with Crippen molar-refractivity contribution < 1.29 is 13.9 Å². The third kappa shape index (κ3) is 5.02. The molecule has 28 heavy (non-hydrogen) atoms. The van der Waals surface area contributed by atoms with E-state index in [9.17, 15) is 4.39 Å². The zero-order valence-corrected chi connectivity index (χ0v) is 17.2. The van der Waals surface area contributed by atoms with Crippen LogP contribution in [0.3, 0.4) is 0 Å². The van der Waals surface area contributed by atoms with E-state index in [0.717, 1.165) is 11.3 Å². The Morgan fingerprint density at radius 3 is 2.21 bits per heavy atom. The quantitative estimate of drug-likeness (QED) is 0.429. The van der Waals surface area contributed by atoms with Gasteiger partial charge in [-0.05, 0) is 48.0 Å². The minimum Gasteiger partial charge on any atom is -0.493 e. The number of hydrogen-bond acceptors (Lipinski definition) is 3. The number of benzene rings is 3. The lowest BCUT2D eigenvalue weighted by Crippen LogP contribution is -2.03. The molecular weight excluding hydrogens is 424 g/mol. The Hall–Kier alpha value is -2.14. The van der Waals surface area contributed by atoms with E-state index in [1.165, 1.54) is 12.1 Å². The summed E-state index contributed by atoms with van der Waals surface area (Å²) in [4.78, 5) is 0. The largest absolute Gasteiger partial charge is 0.493 e. The van der Waals surface area contributed by atoms with Gasteiger partial charge in [-0.2, -0.15) is 0 Å². The molecule has 0 fully saturated rings. The summed E-state index contributed by atoms with van der Waals surface area (Å²) in [6, 6.07) is 14.9. The molecule has 0 saturated heterocycles. The van der Waals surface area contributed by atoms with E-state index in [-0.39, 0.29) is 12.4 Å². The number of nitrogens with one attached hydrogen (secondary N) is 1. The topological polar surface area (TPSA) is 30.5 Å². The van der Waals surface area contributed by atoms with Crippen LogP contribution in [0.2, 0.25) is 15.1 Å². The molecule has 3 aromatic carbocycles. The summed E-state index contributed by atoms with van der Waals surface area (Å²) >= 11 is 18.8. The zero-order valence-electron chi connectivity index (χ0n) is 14.9. The number of halogens is 4. The summed E-state index contributed by atoms with van der Waals surface area (Å²) < 4.78 is 24.3. The maximum Gasteiger partial charge on any atom is 0.163 e. The van der Waals surface area contributed by atoms with Crippen molar-refractivity contribution in [3.8, 4) is 11.5 Å². The van der Waals surface area contributed by atoms with Crippen LogP contribution in [0.25, 0.3) is 0 Å². The highest BCUT2D eigenvalue weighted by molar-refractivity contribution is 6.36.